The van der Waals surface area contributed by atoms with Crippen molar-refractivity contribution in [2.24, 2.45) is 0 Å². The Kier molecular flexibility index (Phi) is 7.45. The number of aromatic carboxylic acids is 1. The lowest BCUT2D eigenvalue weighted by Crippen LogP contribution is -2.40. The van der Waals surface area contributed by atoms with E-state index in [1.807, 2.05) is 47.5 Å². The summed E-state index contributed by atoms with van der Waals surface area (Å²) in [6.07, 6.45) is 1.84. The molecule has 0 bridgehead atoms. The summed E-state index contributed by atoms with van der Waals surface area (Å²) in [5, 5.41) is 13.8. The molecule has 3 N–H and O–H groups in total. The lowest BCUT2D eigenvalue weighted by Gasteiger charge is -2.28. The van der Waals surface area contributed by atoms with Gasteiger partial charge in [-0.2, -0.15) is 0 Å². The Morgan fingerprint density at radius 3 is 2.40 bits per heavy atom. The van der Waals surface area contributed by atoms with Crippen molar-refractivity contribution < 1.29 is 23.1 Å². The number of carboxylic acids is 1. The number of carbonyl (C=O) groups is 2. The second-order valence-corrected chi connectivity index (χ2v) is 12.6. The molecule has 1 fully saturated rings. The van der Waals surface area contributed by atoms with Gasteiger partial charge in [0.05, 0.1) is 17.1 Å². The molecule has 214 valence electrons. The van der Waals surface area contributed by atoms with E-state index in [9.17, 15) is 23.1 Å². The Morgan fingerprint density at radius 2 is 1.63 bits per heavy atom. The molecule has 1 saturated heterocycles. The summed E-state index contributed by atoms with van der Waals surface area (Å²) in [5.74, 6) is 5.16. The zero-order valence-electron chi connectivity index (χ0n) is 23.0. The molecule has 0 radical (unpaired) electrons. The van der Waals surface area contributed by atoms with E-state index in [1.54, 1.807) is 54.6 Å². The van der Waals surface area contributed by atoms with Gasteiger partial charge in [-0.05, 0) is 77.7 Å². The molecule has 9 heteroatoms. The third-order valence-electron chi connectivity index (χ3n) is 7.44. The first-order chi connectivity index (χ1) is 20.8. The summed E-state index contributed by atoms with van der Waals surface area (Å²) in [6.45, 7) is 0.901. The summed E-state index contributed by atoms with van der Waals surface area (Å²) in [6, 6.07) is 27.0. The number of anilines is 2. The maximum atomic E-state index is 13.0. The van der Waals surface area contributed by atoms with Crippen LogP contribution in [-0.4, -0.2) is 55.0 Å². The van der Waals surface area contributed by atoms with Crippen molar-refractivity contribution in [1.82, 2.24) is 4.98 Å². The van der Waals surface area contributed by atoms with Gasteiger partial charge in [-0.3, -0.25) is 4.79 Å². The minimum atomic E-state index is -2.96. The summed E-state index contributed by atoms with van der Waals surface area (Å²) in [7, 11) is -2.96. The van der Waals surface area contributed by atoms with Crippen LogP contribution < -0.4 is 10.2 Å². The second-order valence-electron chi connectivity index (χ2n) is 10.3. The predicted molar refractivity (Wildman–Crippen MR) is 168 cm³/mol. The van der Waals surface area contributed by atoms with Crippen LogP contribution in [0.4, 0.5) is 11.4 Å². The largest absolute Gasteiger partial charge is 0.478 e. The number of rotatable bonds is 5. The number of nitrogens with zero attached hydrogens (tertiary/aromatic N) is 1. The van der Waals surface area contributed by atoms with E-state index in [-0.39, 0.29) is 23.0 Å². The molecule has 1 amide bonds. The quantitative estimate of drug-likeness (QED) is 0.236. The fraction of sp³-hybridized carbons (Fsp3) is 0.118. The second kappa shape index (κ2) is 11.5. The van der Waals surface area contributed by atoms with Crippen LogP contribution in [-0.2, 0) is 9.84 Å². The average Bonchev–Trinajstić information content (AvgIpc) is 3.48. The predicted octanol–water partition coefficient (Wildman–Crippen LogP) is 5.42. The van der Waals surface area contributed by atoms with E-state index in [4.69, 9.17) is 0 Å². The highest BCUT2D eigenvalue weighted by Gasteiger charge is 2.22. The number of benzene rings is 4. The molecule has 0 unspecified atom stereocenters. The van der Waals surface area contributed by atoms with Crippen LogP contribution in [0.1, 0.15) is 31.8 Å². The number of sulfone groups is 1. The number of aromatic nitrogens is 1. The summed E-state index contributed by atoms with van der Waals surface area (Å²) < 4.78 is 23.4. The molecule has 4 aromatic carbocycles. The topological polar surface area (TPSA) is 120 Å². The minimum Gasteiger partial charge on any atom is -0.478 e. The average molecular weight is 590 g/mol. The maximum absolute atomic E-state index is 13.0. The number of hydrogen-bond acceptors (Lipinski definition) is 5. The Hall–Kier alpha value is -5.33. The highest BCUT2D eigenvalue weighted by atomic mass is 32.2. The third-order valence-corrected chi connectivity index (χ3v) is 9.05. The molecule has 1 aliphatic rings. The summed E-state index contributed by atoms with van der Waals surface area (Å²) in [5.41, 5.74) is 5.43. The van der Waals surface area contributed by atoms with Crippen molar-refractivity contribution in [3.8, 4) is 23.0 Å². The molecule has 0 aliphatic carbocycles. The van der Waals surface area contributed by atoms with Gasteiger partial charge in [0, 0.05) is 58.4 Å². The van der Waals surface area contributed by atoms with Crippen molar-refractivity contribution in [3.05, 3.63) is 119 Å². The zero-order valence-corrected chi connectivity index (χ0v) is 23.8. The van der Waals surface area contributed by atoms with Gasteiger partial charge in [0.25, 0.3) is 5.91 Å². The number of amides is 1. The lowest BCUT2D eigenvalue weighted by molar-refractivity contribution is 0.0697. The monoisotopic (exact) mass is 589 g/mol. The van der Waals surface area contributed by atoms with E-state index in [1.165, 1.54) is 0 Å². The van der Waals surface area contributed by atoms with E-state index in [2.05, 4.69) is 22.1 Å². The minimum absolute atomic E-state index is 0.139. The molecule has 8 nitrogen and oxygen atoms in total. The fourth-order valence-electron chi connectivity index (χ4n) is 5.16. The SMILES string of the molecule is O=C(Nc1ccc(N2CCS(=O)(=O)CC2)cc1)c1cccc(C#Cc2cccc(C(=O)O)c2-c2ccc3cc[nH]c3c2)c1. The molecule has 2 heterocycles. The number of nitrogens with one attached hydrogen (secondary N) is 2. The van der Waals surface area contributed by atoms with Crippen LogP contribution in [0.25, 0.3) is 22.0 Å². The van der Waals surface area contributed by atoms with Crippen molar-refractivity contribution in [3.63, 3.8) is 0 Å². The van der Waals surface area contributed by atoms with Crippen LogP contribution in [0.5, 0.6) is 0 Å². The van der Waals surface area contributed by atoms with E-state index >= 15 is 0 Å². The Bertz CT molecular complexity index is 2020. The Labute approximate surface area is 248 Å². The molecule has 0 saturated carbocycles. The van der Waals surface area contributed by atoms with Crippen LogP contribution in [0.3, 0.4) is 0 Å². The number of aromatic amines is 1. The highest BCUT2D eigenvalue weighted by Crippen LogP contribution is 2.30. The normalized spacial score (nSPS) is 14.1. The van der Waals surface area contributed by atoms with Gasteiger partial charge < -0.3 is 20.3 Å². The summed E-state index contributed by atoms with van der Waals surface area (Å²) in [4.78, 5) is 30.3. The number of carbonyl (C=O) groups excluding carboxylic acids is 1. The highest BCUT2D eigenvalue weighted by molar-refractivity contribution is 7.91. The molecular formula is C34H27N3O5S. The smallest absolute Gasteiger partial charge is 0.336 e. The number of carboxylic acid groups (broad SMARTS) is 1. The third kappa shape index (κ3) is 6.15. The summed E-state index contributed by atoms with van der Waals surface area (Å²) >= 11 is 0. The van der Waals surface area contributed by atoms with Gasteiger partial charge in [-0.15, -0.1) is 0 Å². The maximum Gasteiger partial charge on any atom is 0.336 e. The molecule has 1 aliphatic heterocycles. The number of H-pyrrole nitrogens is 1. The van der Waals surface area contributed by atoms with Gasteiger partial charge in [0.15, 0.2) is 9.84 Å². The Balaban J connectivity index is 1.22. The fourth-order valence-corrected chi connectivity index (χ4v) is 6.36. The van der Waals surface area contributed by atoms with Crippen molar-refractivity contribution in [2.45, 2.75) is 0 Å². The number of fused-ring (bicyclic) bond motifs is 1. The standard InChI is InChI=1S/C34H27N3O5S/c38-33(36-28-11-13-29(14-12-28)37-17-19-43(41,42)20-18-37)27-5-1-3-23(21-27)7-8-25-4-2-6-30(34(39)40)32(25)26-10-9-24-15-16-35-31(24)22-26/h1-6,9-16,21-22,35H,17-20H2,(H,36,38)(H,39,40). The van der Waals surface area contributed by atoms with Crippen molar-refractivity contribution >= 4 is 44.0 Å². The first-order valence-electron chi connectivity index (χ1n) is 13.7. The van der Waals surface area contributed by atoms with Gasteiger partial charge in [0.1, 0.15) is 0 Å². The molecule has 0 atom stereocenters. The Morgan fingerprint density at radius 1 is 0.860 bits per heavy atom. The molecule has 0 spiro atoms. The van der Waals surface area contributed by atoms with Gasteiger partial charge >= 0.3 is 5.97 Å². The van der Waals surface area contributed by atoms with Crippen molar-refractivity contribution in [2.75, 3.05) is 34.8 Å². The van der Waals surface area contributed by atoms with Gasteiger partial charge in [-0.25, -0.2) is 13.2 Å². The van der Waals surface area contributed by atoms with Crippen LogP contribution in [0.2, 0.25) is 0 Å². The molecule has 43 heavy (non-hydrogen) atoms. The first-order valence-corrected chi connectivity index (χ1v) is 15.5. The molecule has 5 aromatic rings. The zero-order chi connectivity index (χ0) is 30.0. The van der Waals surface area contributed by atoms with Gasteiger partial charge in [0.2, 0.25) is 0 Å². The number of hydrogen-bond donors (Lipinski definition) is 3. The lowest BCUT2D eigenvalue weighted by atomic mass is 9.93. The first kappa shape index (κ1) is 27.8. The van der Waals surface area contributed by atoms with Gasteiger partial charge in [-0.1, -0.05) is 36.1 Å². The van der Waals surface area contributed by atoms with Crippen molar-refractivity contribution in [1.29, 1.82) is 0 Å². The van der Waals surface area contributed by atoms with Crippen LogP contribution in [0.15, 0.2) is 97.2 Å². The van der Waals surface area contributed by atoms with Crippen LogP contribution in [0, 0.1) is 11.8 Å². The van der Waals surface area contributed by atoms with Crippen LogP contribution >= 0.6 is 0 Å². The molecular weight excluding hydrogens is 562 g/mol. The van der Waals surface area contributed by atoms with E-state index in [0.717, 1.165) is 22.2 Å². The molecule has 1 aromatic heterocycles. The van der Waals surface area contributed by atoms with E-state index in [0.29, 0.717) is 41.0 Å². The molecule has 6 rings (SSSR count). The van der Waals surface area contributed by atoms with E-state index < -0.39 is 15.8 Å².